The zero-order valence-electron chi connectivity index (χ0n) is 12.6. The molecular weight excluding hydrogens is 220 g/mol. The van der Waals surface area contributed by atoms with Gasteiger partial charge in [-0.05, 0) is 43.6 Å². The minimum Gasteiger partial charge on any atom is -0.327 e. The molecule has 0 radical (unpaired) electrons. The summed E-state index contributed by atoms with van der Waals surface area (Å²) in [5, 5.41) is 0. The minimum atomic E-state index is 0.358. The van der Waals surface area contributed by atoms with Crippen LogP contribution in [0.5, 0.6) is 0 Å². The van der Waals surface area contributed by atoms with Crippen molar-refractivity contribution in [3.05, 3.63) is 0 Å². The first-order valence-corrected chi connectivity index (χ1v) is 8.04. The summed E-state index contributed by atoms with van der Waals surface area (Å²) >= 11 is 0. The molecule has 106 valence electrons. The van der Waals surface area contributed by atoms with E-state index in [1.54, 1.807) is 0 Å². The summed E-state index contributed by atoms with van der Waals surface area (Å²) < 4.78 is 0. The van der Waals surface area contributed by atoms with Crippen molar-refractivity contribution in [2.75, 3.05) is 13.1 Å². The topological polar surface area (TPSA) is 29.3 Å². The summed E-state index contributed by atoms with van der Waals surface area (Å²) in [4.78, 5) is 2.73. The number of rotatable bonds is 4. The van der Waals surface area contributed by atoms with Crippen molar-refractivity contribution in [3.8, 4) is 0 Å². The maximum atomic E-state index is 6.46. The summed E-state index contributed by atoms with van der Waals surface area (Å²) in [6, 6.07) is 1.25. The predicted molar refractivity (Wildman–Crippen MR) is 78.6 cm³/mol. The molecule has 2 unspecified atom stereocenters. The van der Waals surface area contributed by atoms with Gasteiger partial charge in [-0.1, -0.05) is 40.0 Å². The molecule has 0 aromatic heterocycles. The number of hydrogen-bond acceptors (Lipinski definition) is 2. The highest BCUT2D eigenvalue weighted by Gasteiger charge is 2.40. The number of nitrogens with zero attached hydrogens (tertiary/aromatic N) is 1. The Hall–Kier alpha value is -0.0800. The molecule has 2 saturated carbocycles. The molecular formula is C16H32N2. The maximum Gasteiger partial charge on any atom is 0.0131 e. The molecule has 0 aliphatic heterocycles. The first-order valence-electron chi connectivity index (χ1n) is 8.04. The lowest BCUT2D eigenvalue weighted by atomic mass is 9.85. The Labute approximate surface area is 113 Å². The average molecular weight is 252 g/mol. The lowest BCUT2D eigenvalue weighted by Gasteiger charge is -2.37. The lowest BCUT2D eigenvalue weighted by molar-refractivity contribution is 0.131. The fourth-order valence-corrected chi connectivity index (χ4v) is 4.03. The SMILES string of the molecule is CCN(CC1CCC(C)(C)C1N)C1CCCCC1. The standard InChI is InChI=1S/C16H32N2/c1-4-18(14-8-6-5-7-9-14)12-13-10-11-16(2,3)15(13)17/h13-15H,4-12,17H2,1-3H3. The summed E-state index contributed by atoms with van der Waals surface area (Å²) in [6.45, 7) is 9.45. The molecule has 2 rings (SSSR count). The third-order valence-corrected chi connectivity index (χ3v) is 5.54. The molecule has 0 aromatic carbocycles. The van der Waals surface area contributed by atoms with Crippen molar-refractivity contribution in [2.45, 2.75) is 77.8 Å². The molecule has 0 bridgehead atoms. The van der Waals surface area contributed by atoms with Crippen LogP contribution in [0.4, 0.5) is 0 Å². The van der Waals surface area contributed by atoms with Gasteiger partial charge in [0.2, 0.25) is 0 Å². The predicted octanol–water partition coefficient (Wildman–Crippen LogP) is 3.40. The monoisotopic (exact) mass is 252 g/mol. The van der Waals surface area contributed by atoms with Crippen LogP contribution in [0.1, 0.15) is 65.7 Å². The van der Waals surface area contributed by atoms with Crippen molar-refractivity contribution >= 4 is 0 Å². The van der Waals surface area contributed by atoms with E-state index in [9.17, 15) is 0 Å². The van der Waals surface area contributed by atoms with Gasteiger partial charge >= 0.3 is 0 Å². The van der Waals surface area contributed by atoms with Gasteiger partial charge in [0.15, 0.2) is 0 Å². The van der Waals surface area contributed by atoms with Crippen LogP contribution in [0.15, 0.2) is 0 Å². The van der Waals surface area contributed by atoms with E-state index in [2.05, 4.69) is 25.7 Å². The molecule has 18 heavy (non-hydrogen) atoms. The Balaban J connectivity index is 1.90. The van der Waals surface area contributed by atoms with Crippen LogP contribution in [-0.2, 0) is 0 Å². The Bertz CT molecular complexity index is 256. The van der Waals surface area contributed by atoms with E-state index in [1.807, 2.05) is 0 Å². The molecule has 2 N–H and O–H groups in total. The third-order valence-electron chi connectivity index (χ3n) is 5.54. The Morgan fingerprint density at radius 3 is 2.28 bits per heavy atom. The van der Waals surface area contributed by atoms with Crippen molar-refractivity contribution < 1.29 is 0 Å². The van der Waals surface area contributed by atoms with Crippen LogP contribution in [0.3, 0.4) is 0 Å². The highest BCUT2D eigenvalue weighted by atomic mass is 15.2. The Kier molecular flexibility index (Phi) is 4.71. The van der Waals surface area contributed by atoms with Gasteiger partial charge in [0.05, 0.1) is 0 Å². The van der Waals surface area contributed by atoms with Gasteiger partial charge in [-0.25, -0.2) is 0 Å². The first kappa shape index (κ1) is 14.3. The van der Waals surface area contributed by atoms with Gasteiger partial charge in [-0.3, -0.25) is 0 Å². The van der Waals surface area contributed by atoms with E-state index in [-0.39, 0.29) is 0 Å². The molecule has 2 fully saturated rings. The summed E-state index contributed by atoms with van der Waals surface area (Å²) in [6.07, 6.45) is 9.79. The minimum absolute atomic E-state index is 0.358. The third kappa shape index (κ3) is 3.08. The largest absolute Gasteiger partial charge is 0.327 e. The molecule has 0 aromatic rings. The van der Waals surface area contributed by atoms with E-state index in [4.69, 9.17) is 5.73 Å². The lowest BCUT2D eigenvalue weighted by Crippen LogP contribution is -2.45. The van der Waals surface area contributed by atoms with Crippen LogP contribution < -0.4 is 5.73 Å². The highest BCUT2D eigenvalue weighted by Crippen LogP contribution is 2.40. The van der Waals surface area contributed by atoms with Crippen molar-refractivity contribution in [3.63, 3.8) is 0 Å². The van der Waals surface area contributed by atoms with Crippen molar-refractivity contribution in [1.82, 2.24) is 4.90 Å². The molecule has 2 atom stereocenters. The normalized spacial score (nSPS) is 33.2. The molecule has 0 heterocycles. The van der Waals surface area contributed by atoms with E-state index in [0.717, 1.165) is 12.0 Å². The van der Waals surface area contributed by atoms with Crippen LogP contribution in [0.25, 0.3) is 0 Å². The van der Waals surface area contributed by atoms with Crippen LogP contribution in [0.2, 0.25) is 0 Å². The molecule has 0 saturated heterocycles. The van der Waals surface area contributed by atoms with Crippen LogP contribution >= 0.6 is 0 Å². The van der Waals surface area contributed by atoms with Gasteiger partial charge in [-0.15, -0.1) is 0 Å². The highest BCUT2D eigenvalue weighted by molar-refractivity contribution is 4.95. The van der Waals surface area contributed by atoms with Crippen molar-refractivity contribution in [2.24, 2.45) is 17.1 Å². The van der Waals surface area contributed by atoms with E-state index in [0.29, 0.717) is 11.5 Å². The molecule has 0 spiro atoms. The van der Waals surface area contributed by atoms with Gasteiger partial charge in [0.25, 0.3) is 0 Å². The quantitative estimate of drug-likeness (QED) is 0.831. The zero-order chi connectivity index (χ0) is 13.2. The summed E-state index contributed by atoms with van der Waals surface area (Å²) in [7, 11) is 0. The van der Waals surface area contributed by atoms with E-state index >= 15 is 0 Å². The fourth-order valence-electron chi connectivity index (χ4n) is 4.03. The van der Waals surface area contributed by atoms with Gasteiger partial charge in [-0.2, -0.15) is 0 Å². The molecule has 2 nitrogen and oxygen atoms in total. The second-order valence-electron chi connectivity index (χ2n) is 7.19. The summed E-state index contributed by atoms with van der Waals surface area (Å²) in [5.41, 5.74) is 6.82. The van der Waals surface area contributed by atoms with Crippen LogP contribution in [0, 0.1) is 11.3 Å². The van der Waals surface area contributed by atoms with Crippen molar-refractivity contribution in [1.29, 1.82) is 0 Å². The molecule has 2 aliphatic carbocycles. The van der Waals surface area contributed by atoms with E-state index < -0.39 is 0 Å². The number of nitrogens with two attached hydrogens (primary N) is 1. The first-order chi connectivity index (χ1) is 8.54. The molecule has 0 amide bonds. The van der Waals surface area contributed by atoms with Gasteiger partial charge < -0.3 is 10.6 Å². The molecule has 2 heteroatoms. The number of hydrogen-bond donors (Lipinski definition) is 1. The van der Waals surface area contributed by atoms with Gasteiger partial charge in [0, 0.05) is 18.6 Å². The zero-order valence-corrected chi connectivity index (χ0v) is 12.6. The van der Waals surface area contributed by atoms with Crippen LogP contribution in [-0.4, -0.2) is 30.1 Å². The molecule has 2 aliphatic rings. The average Bonchev–Trinajstić information content (AvgIpc) is 2.63. The fraction of sp³-hybridized carbons (Fsp3) is 1.00. The Morgan fingerprint density at radius 2 is 1.78 bits per heavy atom. The second kappa shape index (κ2) is 5.92. The smallest absolute Gasteiger partial charge is 0.0131 e. The van der Waals surface area contributed by atoms with E-state index in [1.165, 1.54) is 58.0 Å². The van der Waals surface area contributed by atoms with Gasteiger partial charge in [0.1, 0.15) is 0 Å². The Morgan fingerprint density at radius 1 is 1.11 bits per heavy atom. The second-order valence-corrected chi connectivity index (χ2v) is 7.19. The summed E-state index contributed by atoms with van der Waals surface area (Å²) in [5.74, 6) is 0.724. The maximum absolute atomic E-state index is 6.46.